The van der Waals surface area contributed by atoms with Crippen LogP contribution in [0.4, 0.5) is 5.69 Å². The summed E-state index contributed by atoms with van der Waals surface area (Å²) < 4.78 is 10.1. The molecule has 0 amide bonds. The van der Waals surface area contributed by atoms with Crippen molar-refractivity contribution < 1.29 is 14.3 Å². The zero-order chi connectivity index (χ0) is 11.4. The Morgan fingerprint density at radius 3 is 2.33 bits per heavy atom. The summed E-state index contributed by atoms with van der Waals surface area (Å²) in [6.45, 7) is 0. The summed E-state index contributed by atoms with van der Waals surface area (Å²) in [5, 5.41) is -0.773. The van der Waals surface area contributed by atoms with E-state index in [4.69, 9.17) is 26.8 Å². The zero-order valence-corrected chi connectivity index (χ0v) is 9.25. The molecule has 1 aromatic carbocycles. The number of aldehydes is 1. The number of carbonyl (C=O) groups excluding carboxylic acids is 1. The lowest BCUT2D eigenvalue weighted by Gasteiger charge is -2.12. The summed E-state index contributed by atoms with van der Waals surface area (Å²) in [6.07, 6.45) is 0.610. The van der Waals surface area contributed by atoms with E-state index in [1.54, 1.807) is 12.1 Å². The van der Waals surface area contributed by atoms with E-state index >= 15 is 0 Å². The number of methoxy groups -OCH3 is 2. The van der Waals surface area contributed by atoms with Crippen molar-refractivity contribution in [3.63, 3.8) is 0 Å². The number of benzene rings is 1. The van der Waals surface area contributed by atoms with Crippen LogP contribution in [0, 0.1) is 0 Å². The maximum Gasteiger partial charge on any atom is 0.162 e. The third-order valence-electron chi connectivity index (χ3n) is 2.01. The molecule has 0 heterocycles. The topological polar surface area (TPSA) is 61.5 Å². The number of ether oxygens (including phenoxy) is 2. The predicted octanol–water partition coefficient (Wildman–Crippen LogP) is 1.76. The van der Waals surface area contributed by atoms with Gasteiger partial charge in [0, 0.05) is 17.3 Å². The largest absolute Gasteiger partial charge is 0.493 e. The van der Waals surface area contributed by atoms with Gasteiger partial charge in [0.1, 0.15) is 11.7 Å². The van der Waals surface area contributed by atoms with Gasteiger partial charge in [-0.2, -0.15) is 0 Å². The lowest BCUT2D eigenvalue weighted by molar-refractivity contribution is -0.107. The van der Waals surface area contributed by atoms with E-state index in [1.165, 1.54) is 14.2 Å². The monoisotopic (exact) mass is 229 g/mol. The van der Waals surface area contributed by atoms with Gasteiger partial charge in [-0.15, -0.1) is 11.6 Å². The molecule has 0 aliphatic heterocycles. The van der Waals surface area contributed by atoms with Gasteiger partial charge in [-0.05, 0) is 6.07 Å². The summed E-state index contributed by atoms with van der Waals surface area (Å²) in [5.41, 5.74) is 6.64. The average molecular weight is 230 g/mol. The molecule has 2 N–H and O–H groups in total. The van der Waals surface area contributed by atoms with Gasteiger partial charge in [0.2, 0.25) is 0 Å². The second-order valence-corrected chi connectivity index (χ2v) is 3.34. The van der Waals surface area contributed by atoms with Gasteiger partial charge < -0.3 is 20.0 Å². The number of halogens is 1. The van der Waals surface area contributed by atoms with E-state index in [0.29, 0.717) is 29.0 Å². The summed E-state index contributed by atoms with van der Waals surface area (Å²) in [7, 11) is 3.01. The normalized spacial score (nSPS) is 11.9. The fourth-order valence-electron chi connectivity index (χ4n) is 1.22. The van der Waals surface area contributed by atoms with E-state index in [0.717, 1.165) is 0 Å². The lowest BCUT2D eigenvalue weighted by Crippen LogP contribution is -2.01. The molecule has 15 heavy (non-hydrogen) atoms. The van der Waals surface area contributed by atoms with Crippen molar-refractivity contribution in [2.45, 2.75) is 5.38 Å². The molecule has 4 nitrogen and oxygen atoms in total. The molecule has 1 atom stereocenters. The van der Waals surface area contributed by atoms with Crippen LogP contribution in [0.1, 0.15) is 10.9 Å². The minimum absolute atomic E-state index is 0.403. The molecule has 1 aromatic rings. The number of hydrogen-bond donors (Lipinski definition) is 1. The SMILES string of the molecule is COc1cc(N)c(C(Cl)C=O)cc1OC. The van der Waals surface area contributed by atoms with Gasteiger partial charge in [0.05, 0.1) is 14.2 Å². The van der Waals surface area contributed by atoms with Crippen molar-refractivity contribution in [3.05, 3.63) is 17.7 Å². The molecule has 0 radical (unpaired) electrons. The summed E-state index contributed by atoms with van der Waals surface area (Å²) in [6, 6.07) is 3.17. The van der Waals surface area contributed by atoms with Crippen LogP contribution in [0.2, 0.25) is 0 Å². The second-order valence-electron chi connectivity index (χ2n) is 2.87. The van der Waals surface area contributed by atoms with E-state index in [2.05, 4.69) is 0 Å². The smallest absolute Gasteiger partial charge is 0.162 e. The molecular weight excluding hydrogens is 218 g/mol. The maximum absolute atomic E-state index is 10.6. The van der Waals surface area contributed by atoms with Gasteiger partial charge in [0.15, 0.2) is 11.5 Å². The standard InChI is InChI=1S/C10H12ClNO3/c1-14-9-3-6(7(11)5-13)8(12)4-10(9)15-2/h3-5,7H,12H2,1-2H3. The van der Waals surface area contributed by atoms with Crippen molar-refractivity contribution in [1.82, 2.24) is 0 Å². The van der Waals surface area contributed by atoms with Crippen LogP contribution in [0.5, 0.6) is 11.5 Å². The van der Waals surface area contributed by atoms with E-state index in [9.17, 15) is 4.79 Å². The van der Waals surface area contributed by atoms with Crippen molar-refractivity contribution >= 4 is 23.6 Å². The third kappa shape index (κ3) is 2.33. The van der Waals surface area contributed by atoms with Crippen molar-refractivity contribution in [3.8, 4) is 11.5 Å². The highest BCUT2D eigenvalue weighted by Crippen LogP contribution is 2.35. The molecule has 0 aromatic heterocycles. The molecule has 0 bridgehead atoms. The molecule has 0 aliphatic carbocycles. The number of anilines is 1. The molecule has 1 unspecified atom stereocenters. The highest BCUT2D eigenvalue weighted by atomic mass is 35.5. The van der Waals surface area contributed by atoms with Crippen LogP contribution in [-0.4, -0.2) is 20.5 Å². The summed E-state index contributed by atoms with van der Waals surface area (Å²) >= 11 is 5.78. The number of alkyl halides is 1. The molecule has 82 valence electrons. The van der Waals surface area contributed by atoms with Crippen molar-refractivity contribution in [2.24, 2.45) is 0 Å². The quantitative estimate of drug-likeness (QED) is 0.486. The summed E-state index contributed by atoms with van der Waals surface area (Å²) in [4.78, 5) is 10.6. The number of hydrogen-bond acceptors (Lipinski definition) is 4. The molecule has 1 rings (SSSR count). The highest BCUT2D eigenvalue weighted by Gasteiger charge is 2.14. The van der Waals surface area contributed by atoms with Gasteiger partial charge in [-0.1, -0.05) is 0 Å². The number of nitrogens with two attached hydrogens (primary N) is 1. The van der Waals surface area contributed by atoms with E-state index in [-0.39, 0.29) is 0 Å². The second kappa shape index (κ2) is 4.89. The van der Waals surface area contributed by atoms with Crippen LogP contribution in [0.25, 0.3) is 0 Å². The Balaban J connectivity index is 3.25. The zero-order valence-electron chi connectivity index (χ0n) is 8.49. The fourth-order valence-corrected chi connectivity index (χ4v) is 1.41. The van der Waals surface area contributed by atoms with Crippen molar-refractivity contribution in [1.29, 1.82) is 0 Å². The number of nitrogen functional groups attached to an aromatic ring is 1. The average Bonchev–Trinajstić information content (AvgIpc) is 2.27. The summed E-state index contributed by atoms with van der Waals surface area (Å²) in [5.74, 6) is 1.00. The first-order valence-electron chi connectivity index (χ1n) is 4.24. The van der Waals surface area contributed by atoms with E-state index in [1.807, 2.05) is 0 Å². The molecule has 0 spiro atoms. The van der Waals surface area contributed by atoms with Crippen LogP contribution in [0.15, 0.2) is 12.1 Å². The lowest BCUT2D eigenvalue weighted by atomic mass is 10.1. The Bertz CT molecular complexity index is 368. The van der Waals surface area contributed by atoms with Crippen LogP contribution < -0.4 is 15.2 Å². The van der Waals surface area contributed by atoms with Crippen LogP contribution in [0.3, 0.4) is 0 Å². The van der Waals surface area contributed by atoms with E-state index < -0.39 is 5.38 Å². The Hall–Kier alpha value is -1.42. The van der Waals surface area contributed by atoms with Gasteiger partial charge in [0.25, 0.3) is 0 Å². The Morgan fingerprint density at radius 2 is 1.87 bits per heavy atom. The van der Waals surface area contributed by atoms with Gasteiger partial charge in [-0.25, -0.2) is 0 Å². The molecular formula is C10H12ClNO3. The number of carbonyl (C=O) groups is 1. The number of rotatable bonds is 4. The molecule has 0 aliphatic rings. The first-order valence-corrected chi connectivity index (χ1v) is 4.68. The predicted molar refractivity (Wildman–Crippen MR) is 58.6 cm³/mol. The minimum Gasteiger partial charge on any atom is -0.493 e. The van der Waals surface area contributed by atoms with Crippen LogP contribution >= 0.6 is 11.6 Å². The molecule has 5 heteroatoms. The molecule has 0 saturated carbocycles. The minimum atomic E-state index is -0.773. The third-order valence-corrected chi connectivity index (χ3v) is 2.34. The molecule has 0 fully saturated rings. The Morgan fingerprint density at radius 1 is 1.33 bits per heavy atom. The van der Waals surface area contributed by atoms with Gasteiger partial charge >= 0.3 is 0 Å². The maximum atomic E-state index is 10.6. The Kier molecular flexibility index (Phi) is 3.80. The highest BCUT2D eigenvalue weighted by molar-refractivity contribution is 6.28. The Labute approximate surface area is 92.9 Å². The van der Waals surface area contributed by atoms with Gasteiger partial charge in [-0.3, -0.25) is 0 Å². The van der Waals surface area contributed by atoms with Crippen LogP contribution in [-0.2, 0) is 4.79 Å². The first-order chi connectivity index (χ1) is 7.13. The van der Waals surface area contributed by atoms with Crippen molar-refractivity contribution in [2.75, 3.05) is 20.0 Å². The fraction of sp³-hybridized carbons (Fsp3) is 0.300. The first kappa shape index (κ1) is 11.7. The molecule has 0 saturated heterocycles.